The second kappa shape index (κ2) is 10.5. The summed E-state index contributed by atoms with van der Waals surface area (Å²) in [7, 11) is 2.84. The summed E-state index contributed by atoms with van der Waals surface area (Å²) in [6.45, 7) is 0. The summed E-state index contributed by atoms with van der Waals surface area (Å²) < 4.78 is 13.3. The molecule has 0 aliphatic rings. The van der Waals surface area contributed by atoms with Gasteiger partial charge in [0, 0.05) is 38.2 Å². The smallest absolute Gasteiger partial charge is 0.143 e. The molecule has 9 aromatic rings. The fourth-order valence-electron chi connectivity index (χ4n) is 6.71. The molecule has 3 nitrogen and oxygen atoms in total. The Morgan fingerprint density at radius 1 is 0.391 bits per heavy atom. The Kier molecular flexibility index (Phi) is 6.09. The average molecular weight is 611 g/mol. The van der Waals surface area contributed by atoms with Crippen molar-refractivity contribution in [3.8, 4) is 50.3 Å². The minimum Gasteiger partial charge on any atom is -0.507 e. The molecule has 1 unspecified atom stereocenters. The van der Waals surface area contributed by atoms with Gasteiger partial charge in [0.1, 0.15) is 28.1 Å². The molecule has 7 aromatic carbocycles. The van der Waals surface area contributed by atoms with Crippen LogP contribution in [-0.4, -0.2) is 5.11 Å². The van der Waals surface area contributed by atoms with Gasteiger partial charge in [-0.1, -0.05) is 115 Å². The number of hydrogen-bond acceptors (Lipinski definition) is 3. The molecule has 0 saturated carbocycles. The molecular formula is C42H27O3P. The summed E-state index contributed by atoms with van der Waals surface area (Å²) in [5.41, 5.74) is 11.5. The van der Waals surface area contributed by atoms with Crippen molar-refractivity contribution >= 4 is 58.4 Å². The Morgan fingerprint density at radius 2 is 0.913 bits per heavy atom. The van der Waals surface area contributed by atoms with Gasteiger partial charge in [-0.2, -0.15) is 0 Å². The topological polar surface area (TPSA) is 46.5 Å². The highest BCUT2D eigenvalue weighted by Gasteiger charge is 2.18. The summed E-state index contributed by atoms with van der Waals surface area (Å²) in [6.07, 6.45) is 0. The van der Waals surface area contributed by atoms with Crippen molar-refractivity contribution in [2.45, 2.75) is 0 Å². The van der Waals surface area contributed by atoms with Crippen LogP contribution in [0.2, 0.25) is 0 Å². The number of rotatable bonds is 4. The first-order chi connectivity index (χ1) is 22.6. The van der Waals surface area contributed by atoms with Gasteiger partial charge in [0.05, 0.1) is 0 Å². The van der Waals surface area contributed by atoms with E-state index in [0.29, 0.717) is 0 Å². The standard InChI is InChI=1S/C42H27O3P/c43-37-20-19-28(22-34(37)25-9-2-1-3-10-25)31-15-8-17-33-36-24-38-35(23-39(36)45-42(31)33)32-16-7-14-30(41(32)44-38)27-12-6-11-26(21-27)29-13-4-5-18-40(29)46/h1-24,43H,46H2. The minimum atomic E-state index is 0.249. The zero-order valence-corrected chi connectivity index (χ0v) is 25.9. The summed E-state index contributed by atoms with van der Waals surface area (Å²) in [5, 5.41) is 15.9. The third-order valence-corrected chi connectivity index (χ3v) is 9.46. The molecular weight excluding hydrogens is 583 g/mol. The van der Waals surface area contributed by atoms with Crippen molar-refractivity contribution < 1.29 is 13.9 Å². The molecule has 0 radical (unpaired) electrons. The summed E-state index contributed by atoms with van der Waals surface area (Å²) in [5.74, 6) is 0.249. The zero-order valence-electron chi connectivity index (χ0n) is 24.7. The largest absolute Gasteiger partial charge is 0.507 e. The van der Waals surface area contributed by atoms with Gasteiger partial charge in [-0.25, -0.2) is 0 Å². The summed E-state index contributed by atoms with van der Waals surface area (Å²) in [4.78, 5) is 0. The van der Waals surface area contributed by atoms with E-state index in [1.165, 1.54) is 16.4 Å². The maximum Gasteiger partial charge on any atom is 0.143 e. The van der Waals surface area contributed by atoms with E-state index in [4.69, 9.17) is 8.83 Å². The Bertz CT molecular complexity index is 2610. The van der Waals surface area contributed by atoms with Gasteiger partial charge in [-0.3, -0.25) is 0 Å². The third-order valence-electron chi connectivity index (χ3n) is 8.95. The highest BCUT2D eigenvalue weighted by molar-refractivity contribution is 7.28. The number of phenols is 1. The number of hydrogen-bond donors (Lipinski definition) is 1. The van der Waals surface area contributed by atoms with Crippen LogP contribution in [0.5, 0.6) is 5.75 Å². The van der Waals surface area contributed by atoms with Crippen molar-refractivity contribution in [2.24, 2.45) is 0 Å². The number of fused-ring (bicyclic) bond motifs is 6. The van der Waals surface area contributed by atoms with Crippen LogP contribution in [0, 0.1) is 0 Å². The van der Waals surface area contributed by atoms with Gasteiger partial charge in [0.2, 0.25) is 0 Å². The maximum absolute atomic E-state index is 10.7. The van der Waals surface area contributed by atoms with E-state index in [1.807, 2.05) is 42.5 Å². The van der Waals surface area contributed by atoms with Gasteiger partial charge in [-0.15, -0.1) is 9.24 Å². The fourth-order valence-corrected chi connectivity index (χ4v) is 7.08. The first-order valence-electron chi connectivity index (χ1n) is 15.3. The molecule has 9 rings (SSSR count). The molecule has 0 aliphatic carbocycles. The normalized spacial score (nSPS) is 11.7. The van der Waals surface area contributed by atoms with E-state index in [2.05, 4.69) is 106 Å². The molecule has 2 aromatic heterocycles. The van der Waals surface area contributed by atoms with Crippen molar-refractivity contribution in [3.05, 3.63) is 146 Å². The van der Waals surface area contributed by atoms with Crippen molar-refractivity contribution in [3.63, 3.8) is 0 Å². The Balaban J connectivity index is 1.19. The van der Waals surface area contributed by atoms with E-state index in [0.717, 1.165) is 77.3 Å². The molecule has 0 spiro atoms. The van der Waals surface area contributed by atoms with Crippen LogP contribution >= 0.6 is 9.24 Å². The highest BCUT2D eigenvalue weighted by Crippen LogP contribution is 2.43. The Morgan fingerprint density at radius 3 is 1.57 bits per heavy atom. The van der Waals surface area contributed by atoms with Gasteiger partial charge in [0.15, 0.2) is 0 Å². The fraction of sp³-hybridized carbons (Fsp3) is 0. The van der Waals surface area contributed by atoms with Crippen LogP contribution in [0.1, 0.15) is 0 Å². The quantitative estimate of drug-likeness (QED) is 0.202. The van der Waals surface area contributed by atoms with Crippen LogP contribution in [0.4, 0.5) is 0 Å². The SMILES string of the molecule is Oc1ccc(-c2cccc3c2oc2cc4c(cc23)oc2c(-c3cccc(-c5ccccc5P)c3)cccc24)cc1-c1ccccc1. The van der Waals surface area contributed by atoms with E-state index in [-0.39, 0.29) is 5.75 Å². The number of furan rings is 2. The molecule has 0 saturated heterocycles. The third kappa shape index (κ3) is 4.24. The van der Waals surface area contributed by atoms with E-state index >= 15 is 0 Å². The Hall–Kier alpha value is -5.63. The lowest BCUT2D eigenvalue weighted by Crippen LogP contribution is -1.95. The predicted octanol–water partition coefficient (Wildman–Crippen LogP) is 11.4. The van der Waals surface area contributed by atoms with Crippen molar-refractivity contribution in [2.75, 3.05) is 0 Å². The minimum absolute atomic E-state index is 0.249. The second-order valence-corrected chi connectivity index (χ2v) is 12.3. The highest BCUT2D eigenvalue weighted by atomic mass is 31.0. The van der Waals surface area contributed by atoms with Crippen LogP contribution in [-0.2, 0) is 0 Å². The van der Waals surface area contributed by atoms with Gasteiger partial charge in [0.25, 0.3) is 0 Å². The zero-order chi connectivity index (χ0) is 30.8. The molecule has 46 heavy (non-hydrogen) atoms. The molecule has 1 N–H and O–H groups in total. The number of aromatic hydroxyl groups is 1. The molecule has 0 aliphatic heterocycles. The monoisotopic (exact) mass is 610 g/mol. The van der Waals surface area contributed by atoms with Gasteiger partial charge >= 0.3 is 0 Å². The van der Waals surface area contributed by atoms with E-state index in [1.54, 1.807) is 6.07 Å². The predicted molar refractivity (Wildman–Crippen MR) is 194 cm³/mol. The molecule has 0 bridgehead atoms. The van der Waals surface area contributed by atoms with Crippen LogP contribution in [0.3, 0.4) is 0 Å². The number of benzene rings is 7. The lowest BCUT2D eigenvalue weighted by Gasteiger charge is -2.09. The summed E-state index contributed by atoms with van der Waals surface area (Å²) >= 11 is 0. The van der Waals surface area contributed by atoms with Crippen molar-refractivity contribution in [1.82, 2.24) is 0 Å². The average Bonchev–Trinajstić information content (AvgIpc) is 3.65. The molecule has 0 fully saturated rings. The number of para-hydroxylation sites is 2. The van der Waals surface area contributed by atoms with Crippen molar-refractivity contribution in [1.29, 1.82) is 0 Å². The first kappa shape index (κ1) is 26.7. The maximum atomic E-state index is 10.7. The van der Waals surface area contributed by atoms with E-state index in [9.17, 15) is 5.11 Å². The number of phenolic OH excluding ortho intramolecular Hbond substituents is 1. The molecule has 218 valence electrons. The molecule has 1 atom stereocenters. The van der Waals surface area contributed by atoms with Crippen LogP contribution in [0.15, 0.2) is 154 Å². The lowest BCUT2D eigenvalue weighted by atomic mass is 9.97. The molecule has 4 heteroatoms. The van der Waals surface area contributed by atoms with Crippen LogP contribution in [0.25, 0.3) is 88.4 Å². The first-order valence-corrected chi connectivity index (χ1v) is 15.8. The lowest BCUT2D eigenvalue weighted by molar-refractivity contribution is 0.477. The molecule has 2 heterocycles. The van der Waals surface area contributed by atoms with Gasteiger partial charge < -0.3 is 13.9 Å². The van der Waals surface area contributed by atoms with Crippen LogP contribution < -0.4 is 5.30 Å². The van der Waals surface area contributed by atoms with Gasteiger partial charge in [-0.05, 0) is 63.5 Å². The second-order valence-electron chi connectivity index (χ2n) is 11.7. The van der Waals surface area contributed by atoms with E-state index < -0.39 is 0 Å². The molecule has 0 amide bonds. The summed E-state index contributed by atoms with van der Waals surface area (Å²) in [6, 6.07) is 49.5. The Labute approximate surface area is 267 Å².